The Balaban J connectivity index is 1.38. The number of anilines is 2. The van der Waals surface area contributed by atoms with E-state index in [-0.39, 0.29) is 23.9 Å². The van der Waals surface area contributed by atoms with Crippen molar-refractivity contribution in [2.45, 2.75) is 31.3 Å². The number of hydrogen-bond donors (Lipinski definition) is 2. The third-order valence-corrected chi connectivity index (χ3v) is 4.92. The lowest BCUT2D eigenvalue weighted by atomic mass is 10.1. The molecule has 1 fully saturated rings. The summed E-state index contributed by atoms with van der Waals surface area (Å²) in [5.41, 5.74) is 3.04. The first-order chi connectivity index (χ1) is 12.2. The van der Waals surface area contributed by atoms with Crippen LogP contribution in [0.1, 0.15) is 18.4 Å². The molecule has 5 nitrogen and oxygen atoms in total. The van der Waals surface area contributed by atoms with Gasteiger partial charge >= 0.3 is 0 Å². The lowest BCUT2D eigenvalue weighted by Gasteiger charge is -2.32. The Kier molecular flexibility index (Phi) is 4.14. The number of fused-ring (bicyclic) bond motifs is 3. The average molecular weight is 335 g/mol. The molecule has 5 heteroatoms. The number of carbonyl (C=O) groups is 2. The van der Waals surface area contributed by atoms with Gasteiger partial charge in [0.25, 0.3) is 0 Å². The summed E-state index contributed by atoms with van der Waals surface area (Å²) in [5, 5.41) is 6.05. The molecule has 0 bridgehead atoms. The van der Waals surface area contributed by atoms with Gasteiger partial charge in [-0.05, 0) is 30.5 Å². The average Bonchev–Trinajstić information content (AvgIpc) is 3.05. The van der Waals surface area contributed by atoms with Crippen molar-refractivity contribution >= 4 is 23.2 Å². The Morgan fingerprint density at radius 3 is 2.72 bits per heavy atom. The van der Waals surface area contributed by atoms with Crippen molar-refractivity contribution in [1.82, 2.24) is 5.32 Å². The molecular formula is C20H21N3O2. The highest BCUT2D eigenvalue weighted by molar-refractivity contribution is 6.04. The molecule has 4 rings (SSSR count). The molecule has 2 amide bonds. The highest BCUT2D eigenvalue weighted by Gasteiger charge is 2.41. The highest BCUT2D eigenvalue weighted by Crippen LogP contribution is 2.36. The number of aryl methyl sites for hydroxylation is 1. The van der Waals surface area contributed by atoms with E-state index in [0.29, 0.717) is 19.4 Å². The van der Waals surface area contributed by atoms with Crippen LogP contribution in [0.15, 0.2) is 54.6 Å². The van der Waals surface area contributed by atoms with Crippen LogP contribution >= 0.6 is 0 Å². The lowest BCUT2D eigenvalue weighted by molar-refractivity contribution is -0.122. The van der Waals surface area contributed by atoms with E-state index in [1.807, 2.05) is 54.6 Å². The van der Waals surface area contributed by atoms with Crippen LogP contribution in [-0.4, -0.2) is 30.4 Å². The minimum Gasteiger partial charge on any atom is -0.356 e. The molecule has 2 heterocycles. The molecule has 0 spiro atoms. The Morgan fingerprint density at radius 1 is 1.12 bits per heavy atom. The minimum absolute atomic E-state index is 0.00480. The van der Waals surface area contributed by atoms with Gasteiger partial charge in [0.1, 0.15) is 6.04 Å². The Labute approximate surface area is 147 Å². The second-order valence-corrected chi connectivity index (χ2v) is 6.66. The van der Waals surface area contributed by atoms with E-state index < -0.39 is 0 Å². The van der Waals surface area contributed by atoms with Crippen LogP contribution in [0.2, 0.25) is 0 Å². The molecule has 0 aromatic heterocycles. The largest absolute Gasteiger partial charge is 0.356 e. The molecule has 2 atom stereocenters. The topological polar surface area (TPSA) is 61.4 Å². The number of carbonyl (C=O) groups excluding carboxylic acids is 2. The first-order valence-electron chi connectivity index (χ1n) is 8.70. The second kappa shape index (κ2) is 6.59. The van der Waals surface area contributed by atoms with Gasteiger partial charge < -0.3 is 15.5 Å². The maximum absolute atomic E-state index is 12.3. The first-order valence-corrected chi connectivity index (χ1v) is 8.70. The number of para-hydroxylation sites is 2. The van der Waals surface area contributed by atoms with Crippen LogP contribution in [0.3, 0.4) is 0 Å². The smallest absolute Gasteiger partial charge is 0.247 e. The molecule has 2 aliphatic heterocycles. The van der Waals surface area contributed by atoms with Crippen molar-refractivity contribution < 1.29 is 9.59 Å². The summed E-state index contributed by atoms with van der Waals surface area (Å²) in [5.74, 6) is 0.0575. The number of benzene rings is 2. The molecule has 2 aromatic carbocycles. The van der Waals surface area contributed by atoms with Crippen molar-refractivity contribution in [2.75, 3.05) is 16.8 Å². The third-order valence-electron chi connectivity index (χ3n) is 4.92. The zero-order valence-corrected chi connectivity index (χ0v) is 13.9. The molecule has 2 unspecified atom stereocenters. The molecule has 0 aliphatic carbocycles. The van der Waals surface area contributed by atoms with Crippen LogP contribution < -0.4 is 15.5 Å². The van der Waals surface area contributed by atoms with Gasteiger partial charge in [0.2, 0.25) is 11.8 Å². The maximum Gasteiger partial charge on any atom is 0.247 e. The standard InChI is InChI=1S/C20H21N3O2/c24-19(11-10-14-6-2-1-3-7-14)21-15-12-18-20(25)22-16-8-4-5-9-17(16)23(18)13-15/h1-9,15,18H,10-13H2,(H,21,24)(H,22,25). The highest BCUT2D eigenvalue weighted by atomic mass is 16.2. The molecule has 1 saturated heterocycles. The first kappa shape index (κ1) is 15.7. The molecule has 2 N–H and O–H groups in total. The molecular weight excluding hydrogens is 314 g/mol. The SMILES string of the molecule is O=C(CCc1ccccc1)NC1CC2C(=O)Nc3ccccc3N2C1. The Morgan fingerprint density at radius 2 is 1.88 bits per heavy atom. The monoisotopic (exact) mass is 335 g/mol. The van der Waals surface area contributed by atoms with Crippen molar-refractivity contribution in [2.24, 2.45) is 0 Å². The molecule has 128 valence electrons. The Hall–Kier alpha value is -2.82. The molecule has 2 aliphatic rings. The van der Waals surface area contributed by atoms with Crippen LogP contribution in [0.4, 0.5) is 11.4 Å². The summed E-state index contributed by atoms with van der Waals surface area (Å²) in [6.07, 6.45) is 1.85. The summed E-state index contributed by atoms with van der Waals surface area (Å²) in [7, 11) is 0. The third kappa shape index (κ3) is 3.22. The van der Waals surface area contributed by atoms with E-state index in [4.69, 9.17) is 0 Å². The second-order valence-electron chi connectivity index (χ2n) is 6.66. The van der Waals surface area contributed by atoms with Gasteiger partial charge in [-0.25, -0.2) is 0 Å². The zero-order valence-electron chi connectivity index (χ0n) is 13.9. The van der Waals surface area contributed by atoms with Gasteiger partial charge in [-0.2, -0.15) is 0 Å². The zero-order chi connectivity index (χ0) is 17.2. The van der Waals surface area contributed by atoms with Crippen LogP contribution in [0, 0.1) is 0 Å². The van der Waals surface area contributed by atoms with Gasteiger partial charge in [0.15, 0.2) is 0 Å². The summed E-state index contributed by atoms with van der Waals surface area (Å²) in [4.78, 5) is 26.7. The number of hydrogen-bond acceptors (Lipinski definition) is 3. The van der Waals surface area contributed by atoms with Gasteiger partial charge in [0.05, 0.1) is 11.4 Å². The number of amides is 2. The normalized spacial score (nSPS) is 21.3. The van der Waals surface area contributed by atoms with Crippen molar-refractivity contribution in [1.29, 1.82) is 0 Å². The summed E-state index contributed by atoms with van der Waals surface area (Å²) in [6, 6.07) is 17.6. The van der Waals surface area contributed by atoms with Gasteiger partial charge in [0, 0.05) is 19.0 Å². The molecule has 0 saturated carbocycles. The van der Waals surface area contributed by atoms with Crippen molar-refractivity contribution in [3.8, 4) is 0 Å². The molecule has 2 aromatic rings. The van der Waals surface area contributed by atoms with E-state index in [1.54, 1.807) is 0 Å². The van der Waals surface area contributed by atoms with Crippen LogP contribution in [0.25, 0.3) is 0 Å². The van der Waals surface area contributed by atoms with Gasteiger partial charge in [-0.15, -0.1) is 0 Å². The fourth-order valence-corrected chi connectivity index (χ4v) is 3.70. The summed E-state index contributed by atoms with van der Waals surface area (Å²) < 4.78 is 0. The fraction of sp³-hybridized carbons (Fsp3) is 0.300. The molecule has 0 radical (unpaired) electrons. The van der Waals surface area contributed by atoms with Crippen LogP contribution in [-0.2, 0) is 16.0 Å². The van der Waals surface area contributed by atoms with E-state index in [0.717, 1.165) is 23.4 Å². The van der Waals surface area contributed by atoms with Crippen LogP contribution in [0.5, 0.6) is 0 Å². The van der Waals surface area contributed by atoms with Crippen molar-refractivity contribution in [3.05, 3.63) is 60.2 Å². The van der Waals surface area contributed by atoms with E-state index in [9.17, 15) is 9.59 Å². The minimum atomic E-state index is -0.200. The maximum atomic E-state index is 12.3. The van der Waals surface area contributed by atoms with Gasteiger partial charge in [-0.3, -0.25) is 9.59 Å². The predicted molar refractivity (Wildman–Crippen MR) is 97.5 cm³/mol. The van der Waals surface area contributed by atoms with E-state index in [1.165, 1.54) is 0 Å². The Bertz CT molecular complexity index is 791. The quantitative estimate of drug-likeness (QED) is 0.901. The number of nitrogens with one attached hydrogen (secondary N) is 2. The van der Waals surface area contributed by atoms with E-state index >= 15 is 0 Å². The summed E-state index contributed by atoms with van der Waals surface area (Å²) >= 11 is 0. The fourth-order valence-electron chi connectivity index (χ4n) is 3.70. The number of rotatable bonds is 4. The van der Waals surface area contributed by atoms with Gasteiger partial charge in [-0.1, -0.05) is 42.5 Å². The summed E-state index contributed by atoms with van der Waals surface area (Å²) in [6.45, 7) is 0.673. The number of nitrogens with zero attached hydrogens (tertiary/aromatic N) is 1. The molecule has 25 heavy (non-hydrogen) atoms. The van der Waals surface area contributed by atoms with Crippen molar-refractivity contribution in [3.63, 3.8) is 0 Å². The lowest BCUT2D eigenvalue weighted by Crippen LogP contribution is -2.44. The predicted octanol–water partition coefficient (Wildman–Crippen LogP) is 2.33. The van der Waals surface area contributed by atoms with E-state index in [2.05, 4.69) is 15.5 Å².